The number of thiophene rings is 1. The molecule has 110 valence electrons. The molecule has 1 atom stereocenters. The van der Waals surface area contributed by atoms with Crippen molar-refractivity contribution in [3.05, 3.63) is 46.4 Å². The number of para-hydroxylation sites is 2. The number of aryl methyl sites for hydroxylation is 1. The van der Waals surface area contributed by atoms with E-state index in [2.05, 4.69) is 17.6 Å². The molecule has 0 saturated carbocycles. The van der Waals surface area contributed by atoms with Gasteiger partial charge < -0.3 is 15.0 Å². The van der Waals surface area contributed by atoms with Crippen molar-refractivity contribution in [2.45, 2.75) is 25.9 Å². The maximum absolute atomic E-state index is 6.37. The molecule has 0 aliphatic rings. The second-order valence-electron chi connectivity index (χ2n) is 4.92. The summed E-state index contributed by atoms with van der Waals surface area (Å²) in [7, 11) is 1.68. The molecule has 3 rings (SSSR count). The fourth-order valence-electron chi connectivity index (χ4n) is 2.67. The summed E-state index contributed by atoms with van der Waals surface area (Å²) in [5, 5.41) is 2.01. The molecule has 5 heteroatoms. The highest BCUT2D eigenvalue weighted by atomic mass is 32.1. The average molecular weight is 301 g/mol. The van der Waals surface area contributed by atoms with Crippen LogP contribution >= 0.6 is 11.3 Å². The fraction of sp³-hybridized carbons (Fsp3) is 0.312. The summed E-state index contributed by atoms with van der Waals surface area (Å²) in [5.41, 5.74) is 8.56. The molecule has 0 bridgehead atoms. The molecule has 2 N–H and O–H groups in total. The van der Waals surface area contributed by atoms with Crippen LogP contribution < -0.4 is 10.5 Å². The summed E-state index contributed by atoms with van der Waals surface area (Å²) < 4.78 is 7.59. The largest absolute Gasteiger partial charge is 0.496 e. The molecule has 0 aliphatic heterocycles. The second-order valence-corrected chi connectivity index (χ2v) is 5.87. The van der Waals surface area contributed by atoms with Crippen molar-refractivity contribution in [3.8, 4) is 5.75 Å². The van der Waals surface area contributed by atoms with Crippen LogP contribution in [0.25, 0.3) is 11.0 Å². The smallest absolute Gasteiger partial charge is 0.134 e. The van der Waals surface area contributed by atoms with E-state index in [9.17, 15) is 0 Å². The third kappa shape index (κ3) is 2.54. The van der Waals surface area contributed by atoms with Crippen LogP contribution in [0.15, 0.2) is 35.7 Å². The van der Waals surface area contributed by atoms with Crippen LogP contribution in [0, 0.1) is 0 Å². The summed E-state index contributed by atoms with van der Waals surface area (Å²) in [5.74, 6) is 1.90. The molecule has 1 unspecified atom stereocenters. The molecule has 1 aromatic carbocycles. The molecular weight excluding hydrogens is 282 g/mol. The van der Waals surface area contributed by atoms with Crippen molar-refractivity contribution < 1.29 is 4.74 Å². The number of rotatable bonds is 5. The van der Waals surface area contributed by atoms with Gasteiger partial charge in [0.15, 0.2) is 0 Å². The van der Waals surface area contributed by atoms with Crippen molar-refractivity contribution in [1.82, 2.24) is 9.55 Å². The fourth-order valence-corrected chi connectivity index (χ4v) is 3.54. The molecule has 2 heterocycles. The maximum atomic E-state index is 6.37. The molecule has 0 aliphatic carbocycles. The van der Waals surface area contributed by atoms with E-state index in [1.165, 1.54) is 5.52 Å². The van der Waals surface area contributed by atoms with E-state index < -0.39 is 0 Å². The summed E-state index contributed by atoms with van der Waals surface area (Å²) in [6, 6.07) is 10.1. The highest BCUT2D eigenvalue weighted by Crippen LogP contribution is 2.31. The Kier molecular flexibility index (Phi) is 3.94. The normalized spacial score (nSPS) is 12.7. The Hall–Kier alpha value is -1.85. The van der Waals surface area contributed by atoms with Gasteiger partial charge in [-0.2, -0.15) is 0 Å². The van der Waals surface area contributed by atoms with Crippen LogP contribution in [0.2, 0.25) is 0 Å². The molecule has 0 fully saturated rings. The van der Waals surface area contributed by atoms with Crippen LogP contribution in [-0.2, 0) is 13.0 Å². The van der Waals surface area contributed by atoms with Gasteiger partial charge in [-0.15, -0.1) is 11.3 Å². The Labute approximate surface area is 128 Å². The number of benzene rings is 1. The molecule has 3 aromatic rings. The lowest BCUT2D eigenvalue weighted by molar-refractivity contribution is 0.408. The van der Waals surface area contributed by atoms with Gasteiger partial charge in [-0.3, -0.25) is 0 Å². The third-order valence-electron chi connectivity index (χ3n) is 3.67. The van der Waals surface area contributed by atoms with Crippen molar-refractivity contribution in [3.63, 3.8) is 0 Å². The van der Waals surface area contributed by atoms with Crippen molar-refractivity contribution in [2.24, 2.45) is 5.73 Å². The number of ether oxygens (including phenoxy) is 1. The summed E-state index contributed by atoms with van der Waals surface area (Å²) >= 11 is 1.63. The summed E-state index contributed by atoms with van der Waals surface area (Å²) in [4.78, 5) is 5.81. The molecule has 0 amide bonds. The van der Waals surface area contributed by atoms with Gasteiger partial charge in [0.25, 0.3) is 0 Å². The van der Waals surface area contributed by atoms with Gasteiger partial charge in [-0.25, -0.2) is 4.98 Å². The maximum Gasteiger partial charge on any atom is 0.134 e. The van der Waals surface area contributed by atoms with Crippen LogP contribution in [0.4, 0.5) is 0 Å². The Balaban J connectivity index is 1.94. The zero-order valence-electron chi connectivity index (χ0n) is 12.2. The molecule has 21 heavy (non-hydrogen) atoms. The first-order chi connectivity index (χ1) is 10.2. The van der Waals surface area contributed by atoms with Crippen LogP contribution in [0.5, 0.6) is 5.75 Å². The van der Waals surface area contributed by atoms with Crippen molar-refractivity contribution >= 4 is 22.4 Å². The number of nitrogens with two attached hydrogens (primary N) is 1. The Morgan fingerprint density at radius 1 is 1.33 bits per heavy atom. The Morgan fingerprint density at radius 2 is 2.14 bits per heavy atom. The highest BCUT2D eigenvalue weighted by molar-refractivity contribution is 7.10. The number of aromatic nitrogens is 2. The van der Waals surface area contributed by atoms with E-state index in [-0.39, 0.29) is 6.04 Å². The first-order valence-corrected chi connectivity index (χ1v) is 7.93. The van der Waals surface area contributed by atoms with E-state index in [1.54, 1.807) is 18.4 Å². The number of hydrogen-bond acceptors (Lipinski definition) is 4. The van der Waals surface area contributed by atoms with Crippen LogP contribution in [-0.4, -0.2) is 16.7 Å². The van der Waals surface area contributed by atoms with Crippen molar-refractivity contribution in [2.75, 3.05) is 7.11 Å². The second kappa shape index (κ2) is 5.87. The Morgan fingerprint density at radius 3 is 2.90 bits per heavy atom. The minimum atomic E-state index is -0.0953. The number of fused-ring (bicyclic) bond motifs is 1. The molecule has 0 spiro atoms. The van der Waals surface area contributed by atoms with Gasteiger partial charge >= 0.3 is 0 Å². The van der Waals surface area contributed by atoms with Gasteiger partial charge in [0.2, 0.25) is 0 Å². The monoisotopic (exact) mass is 301 g/mol. The third-order valence-corrected chi connectivity index (χ3v) is 4.70. The minimum absolute atomic E-state index is 0.0953. The minimum Gasteiger partial charge on any atom is -0.496 e. The zero-order chi connectivity index (χ0) is 14.8. The zero-order valence-corrected chi connectivity index (χ0v) is 13.1. The van der Waals surface area contributed by atoms with E-state index >= 15 is 0 Å². The van der Waals surface area contributed by atoms with Crippen molar-refractivity contribution in [1.29, 1.82) is 0 Å². The first kappa shape index (κ1) is 14.1. The lowest BCUT2D eigenvalue weighted by Crippen LogP contribution is -2.16. The predicted octanol–water partition coefficient (Wildman–Crippen LogP) is 3.37. The Bertz CT molecular complexity index is 747. The van der Waals surface area contributed by atoms with Crippen LogP contribution in [0.1, 0.15) is 23.7 Å². The lowest BCUT2D eigenvalue weighted by Gasteiger charge is -2.13. The molecule has 2 aromatic heterocycles. The van der Waals surface area contributed by atoms with E-state index in [1.807, 2.05) is 29.6 Å². The number of nitrogens with zero attached hydrogens (tertiary/aromatic N) is 2. The molecule has 0 radical (unpaired) electrons. The molecule has 4 nitrogen and oxygen atoms in total. The van der Waals surface area contributed by atoms with Gasteiger partial charge in [0.05, 0.1) is 23.0 Å². The van der Waals surface area contributed by atoms with E-state index in [0.29, 0.717) is 6.42 Å². The standard InChI is InChI=1S/C16H19N3OS/c1-3-19-13-7-5-4-6-12(13)18-15(19)10-11(17)16-14(20-2)8-9-21-16/h4-9,11H,3,10,17H2,1-2H3. The van der Waals surface area contributed by atoms with Gasteiger partial charge in [0.1, 0.15) is 11.6 Å². The average Bonchev–Trinajstić information content (AvgIpc) is 3.10. The predicted molar refractivity (Wildman–Crippen MR) is 86.9 cm³/mol. The van der Waals surface area contributed by atoms with Gasteiger partial charge in [-0.1, -0.05) is 12.1 Å². The highest BCUT2D eigenvalue weighted by Gasteiger charge is 2.18. The quantitative estimate of drug-likeness (QED) is 0.786. The number of hydrogen-bond donors (Lipinski definition) is 1. The SMILES string of the molecule is CCn1c(CC(N)c2sccc2OC)nc2ccccc21. The summed E-state index contributed by atoms with van der Waals surface area (Å²) in [6.07, 6.45) is 0.708. The lowest BCUT2D eigenvalue weighted by atomic mass is 10.1. The topological polar surface area (TPSA) is 53.1 Å². The first-order valence-electron chi connectivity index (χ1n) is 7.05. The molecular formula is C16H19N3OS. The van der Waals surface area contributed by atoms with Gasteiger partial charge in [-0.05, 0) is 30.5 Å². The number of imidazole rings is 1. The number of methoxy groups -OCH3 is 1. The van der Waals surface area contributed by atoms with E-state index in [0.717, 1.165) is 28.5 Å². The molecule has 0 saturated heterocycles. The van der Waals surface area contributed by atoms with E-state index in [4.69, 9.17) is 15.5 Å². The van der Waals surface area contributed by atoms with Crippen LogP contribution in [0.3, 0.4) is 0 Å². The summed E-state index contributed by atoms with van der Waals surface area (Å²) in [6.45, 7) is 3.03. The van der Waals surface area contributed by atoms with Gasteiger partial charge in [0, 0.05) is 19.0 Å².